The molecular weight excluding hydrogens is 326 g/mol. The first-order valence-electron chi connectivity index (χ1n) is 10.00. The van der Waals surface area contributed by atoms with Gasteiger partial charge in [-0.05, 0) is 37.7 Å². The smallest absolute Gasteiger partial charge is 0.191 e. The maximum Gasteiger partial charge on any atom is 0.191 e. The first-order valence-corrected chi connectivity index (χ1v) is 10.00. The monoisotopic (exact) mass is 361 g/mol. The molecule has 1 aliphatic carbocycles. The minimum Gasteiger partial charge on any atom is -0.396 e. The van der Waals surface area contributed by atoms with E-state index in [4.69, 9.17) is 4.74 Å². The number of benzene rings is 1. The van der Waals surface area contributed by atoms with Crippen LogP contribution in [0, 0.1) is 5.92 Å². The van der Waals surface area contributed by atoms with E-state index in [1.165, 1.54) is 25.7 Å². The summed E-state index contributed by atoms with van der Waals surface area (Å²) >= 11 is 0. The van der Waals surface area contributed by atoms with Crippen LogP contribution in [0.2, 0.25) is 0 Å². The fourth-order valence-corrected chi connectivity index (χ4v) is 3.78. The lowest BCUT2D eigenvalue weighted by Crippen LogP contribution is -2.41. The van der Waals surface area contributed by atoms with Gasteiger partial charge in [0.25, 0.3) is 0 Å². The van der Waals surface area contributed by atoms with Gasteiger partial charge >= 0.3 is 0 Å². The number of nitrogens with one attached hydrogen (secondary N) is 2. The van der Waals surface area contributed by atoms with Crippen molar-refractivity contribution in [3.8, 4) is 0 Å². The van der Waals surface area contributed by atoms with Gasteiger partial charge in [0.05, 0.1) is 12.7 Å². The van der Waals surface area contributed by atoms with Crippen LogP contribution in [0.15, 0.2) is 35.3 Å². The molecule has 0 amide bonds. The lowest BCUT2D eigenvalue weighted by Gasteiger charge is -2.24. The number of ether oxygens (including phenoxy) is 1. The Morgan fingerprint density at radius 2 is 1.96 bits per heavy atom. The third-order valence-corrected chi connectivity index (χ3v) is 5.26. The lowest BCUT2D eigenvalue weighted by molar-refractivity contribution is 0.0169. The molecule has 0 heterocycles. The Morgan fingerprint density at radius 1 is 1.23 bits per heavy atom. The van der Waals surface area contributed by atoms with Crippen LogP contribution in [0.3, 0.4) is 0 Å². The molecule has 0 aliphatic heterocycles. The standard InChI is InChI=1S/C21H35N3O2/c1-3-26-20(18-11-7-8-12-18)13-14-23-21(22-2)24-15-19(16-25)17-9-5-4-6-10-17/h4-6,9-10,18-20,25H,3,7-8,11-16H2,1-2H3,(H2,22,23,24). The minimum absolute atomic E-state index is 0.0596. The van der Waals surface area contributed by atoms with Crippen molar-refractivity contribution in [3.05, 3.63) is 35.9 Å². The average molecular weight is 362 g/mol. The second-order valence-electron chi connectivity index (χ2n) is 7.00. The van der Waals surface area contributed by atoms with Gasteiger partial charge in [-0.25, -0.2) is 0 Å². The maximum absolute atomic E-state index is 9.68. The minimum atomic E-state index is 0.0596. The fraction of sp³-hybridized carbons (Fsp3) is 0.667. The summed E-state index contributed by atoms with van der Waals surface area (Å²) < 4.78 is 5.98. The van der Waals surface area contributed by atoms with Gasteiger partial charge in [0.15, 0.2) is 5.96 Å². The van der Waals surface area contributed by atoms with E-state index in [0.29, 0.717) is 18.6 Å². The van der Waals surface area contributed by atoms with Crippen LogP contribution in [0.4, 0.5) is 0 Å². The summed E-state index contributed by atoms with van der Waals surface area (Å²) in [4.78, 5) is 4.30. The van der Waals surface area contributed by atoms with Gasteiger partial charge in [-0.3, -0.25) is 4.99 Å². The molecule has 5 nitrogen and oxygen atoms in total. The predicted octanol–water partition coefficient (Wildman–Crippen LogP) is 2.91. The molecule has 1 aromatic rings. The molecule has 2 rings (SSSR count). The molecular formula is C21H35N3O2. The van der Waals surface area contributed by atoms with Crippen molar-refractivity contribution in [3.63, 3.8) is 0 Å². The molecule has 26 heavy (non-hydrogen) atoms. The first kappa shape index (κ1) is 20.7. The molecule has 0 spiro atoms. The quantitative estimate of drug-likeness (QED) is 0.443. The van der Waals surface area contributed by atoms with Gasteiger partial charge in [-0.15, -0.1) is 0 Å². The van der Waals surface area contributed by atoms with Crippen LogP contribution in [0.5, 0.6) is 0 Å². The van der Waals surface area contributed by atoms with Crippen LogP contribution in [0.1, 0.15) is 50.5 Å². The molecule has 0 saturated heterocycles. The highest BCUT2D eigenvalue weighted by atomic mass is 16.5. The third kappa shape index (κ3) is 6.61. The topological polar surface area (TPSA) is 65.9 Å². The number of aliphatic imine (C=N–C) groups is 1. The van der Waals surface area contributed by atoms with Gasteiger partial charge in [0.2, 0.25) is 0 Å². The van der Waals surface area contributed by atoms with Crippen LogP contribution in [0.25, 0.3) is 0 Å². The van der Waals surface area contributed by atoms with Gasteiger partial charge in [0.1, 0.15) is 0 Å². The molecule has 0 aromatic heterocycles. The molecule has 1 aliphatic rings. The van der Waals surface area contributed by atoms with Crippen LogP contribution >= 0.6 is 0 Å². The van der Waals surface area contributed by atoms with Crippen molar-refractivity contribution < 1.29 is 9.84 Å². The summed E-state index contributed by atoms with van der Waals surface area (Å²) in [5, 5.41) is 16.4. The van der Waals surface area contributed by atoms with E-state index in [2.05, 4.69) is 22.5 Å². The highest BCUT2D eigenvalue weighted by Crippen LogP contribution is 2.30. The van der Waals surface area contributed by atoms with E-state index in [1.54, 1.807) is 7.05 Å². The Bertz CT molecular complexity index is 515. The van der Waals surface area contributed by atoms with Gasteiger partial charge in [-0.1, -0.05) is 43.2 Å². The number of hydrogen-bond donors (Lipinski definition) is 3. The summed E-state index contributed by atoms with van der Waals surface area (Å²) in [7, 11) is 1.78. The Morgan fingerprint density at radius 3 is 2.58 bits per heavy atom. The largest absolute Gasteiger partial charge is 0.396 e. The summed E-state index contributed by atoms with van der Waals surface area (Å²) in [5.74, 6) is 1.55. The van der Waals surface area contributed by atoms with Crippen LogP contribution < -0.4 is 10.6 Å². The second-order valence-corrected chi connectivity index (χ2v) is 7.00. The van der Waals surface area contributed by atoms with Crippen molar-refractivity contribution in [2.45, 2.75) is 51.0 Å². The zero-order valence-electron chi connectivity index (χ0n) is 16.3. The SMILES string of the molecule is CCOC(CCNC(=NC)NCC(CO)c1ccccc1)C1CCCC1. The number of hydrogen-bond acceptors (Lipinski definition) is 3. The zero-order chi connectivity index (χ0) is 18.6. The number of aliphatic hydroxyl groups excluding tert-OH is 1. The van der Waals surface area contributed by atoms with Crippen molar-refractivity contribution in [1.29, 1.82) is 0 Å². The average Bonchev–Trinajstić information content (AvgIpc) is 3.21. The predicted molar refractivity (Wildman–Crippen MR) is 108 cm³/mol. The summed E-state index contributed by atoms with van der Waals surface area (Å²) in [6.07, 6.45) is 6.63. The summed E-state index contributed by atoms with van der Waals surface area (Å²) in [5.41, 5.74) is 1.13. The molecule has 146 valence electrons. The molecule has 1 fully saturated rings. The summed E-state index contributed by atoms with van der Waals surface area (Å²) in [6, 6.07) is 10.1. The van der Waals surface area contributed by atoms with Crippen LogP contribution in [-0.2, 0) is 4.74 Å². The molecule has 1 saturated carbocycles. The highest BCUT2D eigenvalue weighted by molar-refractivity contribution is 5.79. The molecule has 0 bridgehead atoms. The van der Waals surface area contributed by atoms with Crippen molar-refractivity contribution in [2.24, 2.45) is 10.9 Å². The molecule has 5 heteroatoms. The summed E-state index contributed by atoms with van der Waals surface area (Å²) in [6.45, 7) is 4.47. The van der Waals surface area contributed by atoms with E-state index in [1.807, 2.05) is 30.3 Å². The van der Waals surface area contributed by atoms with Crippen molar-refractivity contribution in [1.82, 2.24) is 10.6 Å². The Kier molecular flexibility index (Phi) is 9.50. The number of aliphatic hydroxyl groups is 1. The van der Waals surface area contributed by atoms with E-state index in [9.17, 15) is 5.11 Å². The third-order valence-electron chi connectivity index (χ3n) is 5.26. The molecule has 1 aromatic carbocycles. The Hall–Kier alpha value is -1.59. The number of guanidine groups is 1. The molecule has 3 N–H and O–H groups in total. The first-order chi connectivity index (χ1) is 12.8. The molecule has 2 unspecified atom stereocenters. The van der Waals surface area contributed by atoms with E-state index >= 15 is 0 Å². The van der Waals surface area contributed by atoms with Gasteiger partial charge in [0, 0.05) is 32.7 Å². The molecule has 0 radical (unpaired) electrons. The van der Waals surface area contributed by atoms with Gasteiger partial charge < -0.3 is 20.5 Å². The maximum atomic E-state index is 9.68. The van der Waals surface area contributed by atoms with Crippen LogP contribution in [-0.4, -0.2) is 50.5 Å². The zero-order valence-corrected chi connectivity index (χ0v) is 16.3. The van der Waals surface area contributed by atoms with E-state index < -0.39 is 0 Å². The van der Waals surface area contributed by atoms with Gasteiger partial charge in [-0.2, -0.15) is 0 Å². The Balaban J connectivity index is 1.76. The fourth-order valence-electron chi connectivity index (χ4n) is 3.78. The normalized spacial score (nSPS) is 17.9. The Labute approximate surface area is 158 Å². The molecule has 2 atom stereocenters. The van der Waals surface area contributed by atoms with Crippen molar-refractivity contribution >= 4 is 5.96 Å². The van der Waals surface area contributed by atoms with E-state index in [0.717, 1.165) is 31.1 Å². The number of nitrogens with zero attached hydrogens (tertiary/aromatic N) is 1. The van der Waals surface area contributed by atoms with Crippen molar-refractivity contribution in [2.75, 3.05) is 33.4 Å². The second kappa shape index (κ2) is 11.9. The lowest BCUT2D eigenvalue weighted by atomic mass is 9.98. The number of rotatable bonds is 10. The van der Waals surface area contributed by atoms with E-state index in [-0.39, 0.29) is 12.5 Å². The highest BCUT2D eigenvalue weighted by Gasteiger charge is 2.25.